The number of aliphatic imine (C=N–C) groups is 1. The summed E-state index contributed by atoms with van der Waals surface area (Å²) in [6, 6.07) is 11.6. The van der Waals surface area contributed by atoms with E-state index in [0.717, 1.165) is 35.7 Å². The summed E-state index contributed by atoms with van der Waals surface area (Å²) in [5, 5.41) is 6.55. The van der Waals surface area contributed by atoms with Crippen LogP contribution < -0.4 is 29.6 Å². The summed E-state index contributed by atoms with van der Waals surface area (Å²) in [5.41, 5.74) is 1.91. The van der Waals surface area contributed by atoms with Crippen molar-refractivity contribution in [3.63, 3.8) is 0 Å². The summed E-state index contributed by atoms with van der Waals surface area (Å²) in [7, 11) is 3.23. The number of rotatable bonds is 6. The maximum absolute atomic E-state index is 5.76. The quantitative estimate of drug-likeness (QED) is 0.586. The molecule has 0 fully saturated rings. The highest BCUT2D eigenvalue weighted by atomic mass is 16.5. The Kier molecular flexibility index (Phi) is 6.84. The zero-order valence-corrected chi connectivity index (χ0v) is 16.6. The molecule has 0 bridgehead atoms. The highest BCUT2D eigenvalue weighted by molar-refractivity contribution is 5.93. The van der Waals surface area contributed by atoms with E-state index in [1.807, 2.05) is 43.3 Å². The fourth-order valence-electron chi connectivity index (χ4n) is 2.83. The van der Waals surface area contributed by atoms with E-state index in [0.29, 0.717) is 37.2 Å². The number of anilines is 1. The topological polar surface area (TPSA) is 73.3 Å². The van der Waals surface area contributed by atoms with Crippen LogP contribution in [0.15, 0.2) is 41.4 Å². The Morgan fingerprint density at radius 1 is 1.00 bits per heavy atom. The van der Waals surface area contributed by atoms with Crippen molar-refractivity contribution in [2.45, 2.75) is 19.9 Å². The smallest absolute Gasteiger partial charge is 0.196 e. The first-order chi connectivity index (χ1) is 13.7. The molecule has 0 aliphatic carbocycles. The Morgan fingerprint density at radius 2 is 1.79 bits per heavy atom. The first-order valence-corrected chi connectivity index (χ1v) is 9.39. The fourth-order valence-corrected chi connectivity index (χ4v) is 2.83. The van der Waals surface area contributed by atoms with E-state index in [9.17, 15) is 0 Å². The molecule has 0 spiro atoms. The van der Waals surface area contributed by atoms with E-state index < -0.39 is 0 Å². The van der Waals surface area contributed by atoms with Gasteiger partial charge in [-0.25, -0.2) is 4.99 Å². The van der Waals surface area contributed by atoms with Gasteiger partial charge in [0.15, 0.2) is 29.0 Å². The van der Waals surface area contributed by atoms with E-state index in [2.05, 4.69) is 15.6 Å². The van der Waals surface area contributed by atoms with Crippen molar-refractivity contribution < 1.29 is 18.9 Å². The second kappa shape index (κ2) is 9.73. The molecule has 0 unspecified atom stereocenters. The van der Waals surface area contributed by atoms with Gasteiger partial charge < -0.3 is 29.6 Å². The van der Waals surface area contributed by atoms with Crippen molar-refractivity contribution in [2.75, 3.05) is 39.3 Å². The Labute approximate surface area is 165 Å². The van der Waals surface area contributed by atoms with E-state index in [4.69, 9.17) is 18.9 Å². The summed E-state index contributed by atoms with van der Waals surface area (Å²) < 4.78 is 22.1. The predicted molar refractivity (Wildman–Crippen MR) is 110 cm³/mol. The average molecular weight is 385 g/mol. The summed E-state index contributed by atoms with van der Waals surface area (Å²) in [6.45, 7) is 4.65. The first-order valence-electron chi connectivity index (χ1n) is 9.39. The van der Waals surface area contributed by atoms with Crippen molar-refractivity contribution in [2.24, 2.45) is 4.99 Å². The normalized spacial score (nSPS) is 13.5. The van der Waals surface area contributed by atoms with Crippen LogP contribution in [0.2, 0.25) is 0 Å². The molecule has 1 heterocycles. The van der Waals surface area contributed by atoms with Gasteiger partial charge in [0, 0.05) is 24.7 Å². The Morgan fingerprint density at radius 3 is 2.54 bits per heavy atom. The van der Waals surface area contributed by atoms with Crippen LogP contribution in [0.1, 0.15) is 18.9 Å². The van der Waals surface area contributed by atoms with Gasteiger partial charge in [-0.15, -0.1) is 0 Å². The van der Waals surface area contributed by atoms with E-state index in [-0.39, 0.29) is 0 Å². The summed E-state index contributed by atoms with van der Waals surface area (Å²) in [5.74, 6) is 3.60. The van der Waals surface area contributed by atoms with Crippen molar-refractivity contribution in [3.8, 4) is 23.0 Å². The van der Waals surface area contributed by atoms with Crippen molar-refractivity contribution in [3.05, 3.63) is 42.0 Å². The minimum Gasteiger partial charge on any atom is -0.493 e. The van der Waals surface area contributed by atoms with Gasteiger partial charge in [-0.1, -0.05) is 6.07 Å². The van der Waals surface area contributed by atoms with Gasteiger partial charge in [0.05, 0.1) is 34.0 Å². The lowest BCUT2D eigenvalue weighted by Crippen LogP contribution is -2.30. The average Bonchev–Trinajstić information content (AvgIpc) is 2.97. The maximum Gasteiger partial charge on any atom is 0.196 e. The standard InChI is InChI=1S/C21H27N3O4/c1-4-22-21(24-16-7-9-17(25-2)19(13-16)26-3)23-14-15-6-8-18-20(12-15)28-11-5-10-27-18/h6-9,12-13H,4-5,10-11,14H2,1-3H3,(H2,22,23,24). The number of benzene rings is 2. The number of guanidine groups is 1. The van der Waals surface area contributed by atoms with Crippen LogP contribution in [0, 0.1) is 0 Å². The minimum absolute atomic E-state index is 0.513. The molecular weight excluding hydrogens is 358 g/mol. The lowest BCUT2D eigenvalue weighted by molar-refractivity contribution is 0.297. The molecule has 0 saturated heterocycles. The lowest BCUT2D eigenvalue weighted by atomic mass is 10.2. The molecule has 0 aromatic heterocycles. The fraction of sp³-hybridized carbons (Fsp3) is 0.381. The first kappa shape index (κ1) is 19.7. The van der Waals surface area contributed by atoms with Gasteiger partial charge in [-0.2, -0.15) is 0 Å². The molecule has 2 aromatic carbocycles. The molecule has 1 aliphatic heterocycles. The van der Waals surface area contributed by atoms with Crippen LogP contribution in [-0.2, 0) is 6.54 Å². The summed E-state index contributed by atoms with van der Waals surface area (Å²) >= 11 is 0. The van der Waals surface area contributed by atoms with Crippen LogP contribution in [0.5, 0.6) is 23.0 Å². The van der Waals surface area contributed by atoms with Crippen molar-refractivity contribution in [1.29, 1.82) is 0 Å². The Hall–Kier alpha value is -3.09. The molecule has 2 N–H and O–H groups in total. The molecular formula is C21H27N3O4. The molecule has 7 nitrogen and oxygen atoms in total. The zero-order valence-electron chi connectivity index (χ0n) is 16.6. The summed E-state index contributed by atoms with van der Waals surface area (Å²) in [6.07, 6.45) is 0.891. The SMILES string of the molecule is CCNC(=NCc1ccc2c(c1)OCCCO2)Nc1ccc(OC)c(OC)c1. The molecule has 2 aromatic rings. The molecule has 7 heteroatoms. The number of hydrogen-bond acceptors (Lipinski definition) is 5. The Bertz CT molecular complexity index is 823. The lowest BCUT2D eigenvalue weighted by Gasteiger charge is -2.14. The maximum atomic E-state index is 5.76. The number of ether oxygens (including phenoxy) is 4. The van der Waals surface area contributed by atoms with Crippen LogP contribution in [0.4, 0.5) is 5.69 Å². The van der Waals surface area contributed by atoms with Crippen LogP contribution in [-0.4, -0.2) is 39.9 Å². The molecule has 150 valence electrons. The van der Waals surface area contributed by atoms with E-state index in [1.54, 1.807) is 14.2 Å². The van der Waals surface area contributed by atoms with E-state index >= 15 is 0 Å². The third-order valence-electron chi connectivity index (χ3n) is 4.22. The Balaban J connectivity index is 1.73. The van der Waals surface area contributed by atoms with Crippen LogP contribution in [0.3, 0.4) is 0 Å². The predicted octanol–water partition coefficient (Wildman–Crippen LogP) is 3.44. The molecule has 0 atom stereocenters. The highest BCUT2D eigenvalue weighted by Crippen LogP contribution is 2.31. The highest BCUT2D eigenvalue weighted by Gasteiger charge is 2.11. The van der Waals surface area contributed by atoms with Gasteiger partial charge >= 0.3 is 0 Å². The molecule has 0 amide bonds. The molecule has 1 aliphatic rings. The molecule has 28 heavy (non-hydrogen) atoms. The van der Waals surface area contributed by atoms with Crippen LogP contribution >= 0.6 is 0 Å². The van der Waals surface area contributed by atoms with Crippen molar-refractivity contribution >= 4 is 11.6 Å². The van der Waals surface area contributed by atoms with Gasteiger partial charge in [-0.05, 0) is 36.8 Å². The van der Waals surface area contributed by atoms with Gasteiger partial charge in [0.1, 0.15) is 0 Å². The molecule has 0 saturated carbocycles. The van der Waals surface area contributed by atoms with Gasteiger partial charge in [0.2, 0.25) is 0 Å². The van der Waals surface area contributed by atoms with Gasteiger partial charge in [0.25, 0.3) is 0 Å². The molecule has 0 radical (unpaired) electrons. The number of nitrogens with one attached hydrogen (secondary N) is 2. The number of fused-ring (bicyclic) bond motifs is 1. The van der Waals surface area contributed by atoms with Crippen molar-refractivity contribution in [1.82, 2.24) is 5.32 Å². The third kappa shape index (κ3) is 5.00. The second-order valence-corrected chi connectivity index (χ2v) is 6.22. The van der Waals surface area contributed by atoms with Crippen LogP contribution in [0.25, 0.3) is 0 Å². The minimum atomic E-state index is 0.513. The summed E-state index contributed by atoms with van der Waals surface area (Å²) in [4.78, 5) is 4.68. The van der Waals surface area contributed by atoms with E-state index in [1.165, 1.54) is 0 Å². The van der Waals surface area contributed by atoms with Gasteiger partial charge in [-0.3, -0.25) is 0 Å². The zero-order chi connectivity index (χ0) is 19.8. The molecule has 3 rings (SSSR count). The number of methoxy groups -OCH3 is 2. The second-order valence-electron chi connectivity index (χ2n) is 6.22. The monoisotopic (exact) mass is 385 g/mol. The number of hydrogen-bond donors (Lipinski definition) is 2. The number of nitrogens with zero attached hydrogens (tertiary/aromatic N) is 1. The third-order valence-corrected chi connectivity index (χ3v) is 4.22. The largest absolute Gasteiger partial charge is 0.493 e.